The van der Waals surface area contributed by atoms with Gasteiger partial charge >= 0.3 is 0 Å². The van der Waals surface area contributed by atoms with Crippen LogP contribution in [0.4, 0.5) is 4.39 Å². The predicted molar refractivity (Wildman–Crippen MR) is 64.5 cm³/mol. The van der Waals surface area contributed by atoms with Crippen LogP contribution in [-0.4, -0.2) is 25.9 Å². The van der Waals surface area contributed by atoms with Crippen molar-refractivity contribution in [2.75, 3.05) is 20.8 Å². The average molecular weight is 242 g/mol. The number of aliphatic hydroxyl groups excluding tert-OH is 1. The number of hydrogen-bond donors (Lipinski definition) is 1. The number of methoxy groups -OCH3 is 2. The lowest BCUT2D eigenvalue weighted by Crippen LogP contribution is -2.00. The van der Waals surface area contributed by atoms with Crippen molar-refractivity contribution in [3.8, 4) is 11.5 Å². The van der Waals surface area contributed by atoms with Crippen LogP contribution in [0, 0.1) is 0 Å². The molecule has 0 radical (unpaired) electrons. The van der Waals surface area contributed by atoms with Crippen LogP contribution >= 0.6 is 0 Å². The van der Waals surface area contributed by atoms with E-state index in [-0.39, 0.29) is 6.61 Å². The fourth-order valence-electron chi connectivity index (χ4n) is 1.76. The molecular formula is C13H19FO3. The fraction of sp³-hybridized carbons (Fsp3) is 0.538. The molecular weight excluding hydrogens is 223 g/mol. The maximum atomic E-state index is 13.4. The molecule has 0 heterocycles. The van der Waals surface area contributed by atoms with E-state index in [2.05, 4.69) is 0 Å². The van der Waals surface area contributed by atoms with Crippen molar-refractivity contribution in [2.45, 2.75) is 25.9 Å². The molecule has 1 aromatic rings. The molecule has 0 aromatic heterocycles. The summed E-state index contributed by atoms with van der Waals surface area (Å²) in [6, 6.07) is 3.44. The van der Waals surface area contributed by atoms with Crippen molar-refractivity contribution in [1.29, 1.82) is 0 Å². The fourth-order valence-corrected chi connectivity index (χ4v) is 1.76. The Morgan fingerprint density at radius 3 is 2.35 bits per heavy atom. The lowest BCUT2D eigenvalue weighted by Gasteiger charge is -2.15. The van der Waals surface area contributed by atoms with Crippen molar-refractivity contribution in [3.05, 3.63) is 23.3 Å². The summed E-state index contributed by atoms with van der Waals surface area (Å²) in [5.74, 6) is 1.16. The maximum absolute atomic E-state index is 13.4. The van der Waals surface area contributed by atoms with Gasteiger partial charge in [0.15, 0.2) is 0 Å². The summed E-state index contributed by atoms with van der Waals surface area (Å²) in [4.78, 5) is 0. The highest BCUT2D eigenvalue weighted by atomic mass is 19.1. The molecule has 1 rings (SSSR count). The van der Waals surface area contributed by atoms with Crippen LogP contribution in [0.1, 0.15) is 30.6 Å². The first-order chi connectivity index (χ1) is 8.13. The second-order valence-corrected chi connectivity index (χ2v) is 3.85. The lowest BCUT2D eigenvalue weighted by molar-refractivity contribution is 0.287. The normalized spacial score (nSPS) is 12.3. The predicted octanol–water partition coefficient (Wildman–Crippen LogP) is 2.66. The SMILES string of the molecule is COc1cc(C(C)F)c(OC)cc1CCCO. The molecule has 0 saturated heterocycles. The van der Waals surface area contributed by atoms with Crippen molar-refractivity contribution >= 4 is 0 Å². The molecule has 1 N–H and O–H groups in total. The number of benzene rings is 1. The number of aryl methyl sites for hydroxylation is 1. The van der Waals surface area contributed by atoms with E-state index < -0.39 is 6.17 Å². The number of aliphatic hydroxyl groups is 1. The molecule has 4 heteroatoms. The first-order valence-electron chi connectivity index (χ1n) is 5.63. The number of hydrogen-bond acceptors (Lipinski definition) is 3. The summed E-state index contributed by atoms with van der Waals surface area (Å²) < 4.78 is 23.8. The Balaban J connectivity index is 3.13. The highest BCUT2D eigenvalue weighted by molar-refractivity contribution is 5.47. The van der Waals surface area contributed by atoms with Gasteiger partial charge < -0.3 is 14.6 Å². The zero-order valence-corrected chi connectivity index (χ0v) is 10.5. The van der Waals surface area contributed by atoms with E-state index in [0.717, 1.165) is 5.56 Å². The van der Waals surface area contributed by atoms with Crippen LogP contribution in [0.2, 0.25) is 0 Å². The summed E-state index contributed by atoms with van der Waals surface area (Å²) in [6.45, 7) is 1.58. The first kappa shape index (κ1) is 13.8. The number of ether oxygens (including phenoxy) is 2. The summed E-state index contributed by atoms with van der Waals surface area (Å²) in [7, 11) is 3.07. The summed E-state index contributed by atoms with van der Waals surface area (Å²) in [5, 5.41) is 8.83. The van der Waals surface area contributed by atoms with Gasteiger partial charge in [-0.2, -0.15) is 0 Å². The van der Waals surface area contributed by atoms with E-state index in [4.69, 9.17) is 14.6 Å². The Morgan fingerprint density at radius 1 is 1.24 bits per heavy atom. The maximum Gasteiger partial charge on any atom is 0.126 e. The molecule has 0 bridgehead atoms. The van der Waals surface area contributed by atoms with Crippen LogP contribution in [0.3, 0.4) is 0 Å². The minimum absolute atomic E-state index is 0.118. The van der Waals surface area contributed by atoms with Crippen molar-refractivity contribution in [1.82, 2.24) is 0 Å². The Kier molecular flexibility index (Phi) is 5.22. The second kappa shape index (κ2) is 6.45. The van der Waals surface area contributed by atoms with Crippen LogP contribution < -0.4 is 9.47 Å². The summed E-state index contributed by atoms with van der Waals surface area (Å²) in [6.07, 6.45) is 0.215. The van der Waals surface area contributed by atoms with E-state index in [1.165, 1.54) is 14.0 Å². The van der Waals surface area contributed by atoms with E-state index in [1.807, 2.05) is 0 Å². The van der Waals surface area contributed by atoms with Gasteiger partial charge in [0, 0.05) is 12.2 Å². The Morgan fingerprint density at radius 2 is 1.88 bits per heavy atom. The molecule has 0 aliphatic heterocycles. The molecule has 0 saturated carbocycles. The van der Waals surface area contributed by atoms with Gasteiger partial charge in [0.2, 0.25) is 0 Å². The van der Waals surface area contributed by atoms with Gasteiger partial charge in [-0.3, -0.25) is 0 Å². The first-order valence-corrected chi connectivity index (χ1v) is 5.63. The Hall–Kier alpha value is -1.29. The number of rotatable bonds is 6. The van der Waals surface area contributed by atoms with Gasteiger partial charge in [-0.15, -0.1) is 0 Å². The zero-order valence-electron chi connectivity index (χ0n) is 10.5. The zero-order chi connectivity index (χ0) is 12.8. The average Bonchev–Trinajstić information content (AvgIpc) is 2.34. The molecule has 0 aliphatic rings. The molecule has 1 aromatic carbocycles. The summed E-state index contributed by atoms with van der Waals surface area (Å²) in [5.41, 5.74) is 1.40. The molecule has 0 spiro atoms. The van der Waals surface area contributed by atoms with Crippen molar-refractivity contribution in [3.63, 3.8) is 0 Å². The van der Waals surface area contributed by atoms with Crippen LogP contribution in [0.25, 0.3) is 0 Å². The van der Waals surface area contributed by atoms with E-state index >= 15 is 0 Å². The Labute approximate surface area is 101 Å². The van der Waals surface area contributed by atoms with Gasteiger partial charge in [0.1, 0.15) is 17.7 Å². The van der Waals surface area contributed by atoms with Crippen molar-refractivity contribution < 1.29 is 19.0 Å². The molecule has 96 valence electrons. The third kappa shape index (κ3) is 3.33. The molecule has 1 unspecified atom stereocenters. The highest BCUT2D eigenvalue weighted by Crippen LogP contribution is 2.34. The quantitative estimate of drug-likeness (QED) is 0.833. The highest BCUT2D eigenvalue weighted by Gasteiger charge is 2.15. The Bertz CT molecular complexity index is 364. The largest absolute Gasteiger partial charge is 0.496 e. The third-order valence-electron chi connectivity index (χ3n) is 2.67. The standard InChI is InChI=1S/C13H19FO3/c1-9(14)11-8-12(16-2)10(5-4-6-15)7-13(11)17-3/h7-9,15H,4-6H2,1-3H3. The summed E-state index contributed by atoms with van der Waals surface area (Å²) >= 11 is 0. The lowest BCUT2D eigenvalue weighted by atomic mass is 10.0. The van der Waals surface area contributed by atoms with Gasteiger partial charge in [0.05, 0.1) is 14.2 Å². The number of alkyl halides is 1. The van der Waals surface area contributed by atoms with Crippen LogP contribution in [-0.2, 0) is 6.42 Å². The molecule has 0 fully saturated rings. The minimum Gasteiger partial charge on any atom is -0.496 e. The minimum atomic E-state index is -1.11. The van der Waals surface area contributed by atoms with Gasteiger partial charge in [-0.25, -0.2) is 4.39 Å². The molecule has 0 aliphatic carbocycles. The monoisotopic (exact) mass is 242 g/mol. The smallest absolute Gasteiger partial charge is 0.126 e. The molecule has 1 atom stereocenters. The van der Waals surface area contributed by atoms with E-state index in [1.54, 1.807) is 19.2 Å². The van der Waals surface area contributed by atoms with Crippen LogP contribution in [0.5, 0.6) is 11.5 Å². The van der Waals surface area contributed by atoms with Crippen LogP contribution in [0.15, 0.2) is 12.1 Å². The third-order valence-corrected chi connectivity index (χ3v) is 2.67. The molecule has 17 heavy (non-hydrogen) atoms. The second-order valence-electron chi connectivity index (χ2n) is 3.85. The molecule has 0 amide bonds. The topological polar surface area (TPSA) is 38.7 Å². The van der Waals surface area contributed by atoms with E-state index in [9.17, 15) is 4.39 Å². The van der Waals surface area contributed by atoms with Crippen molar-refractivity contribution in [2.24, 2.45) is 0 Å². The van der Waals surface area contributed by atoms with Gasteiger partial charge in [0.25, 0.3) is 0 Å². The number of halogens is 1. The van der Waals surface area contributed by atoms with Gasteiger partial charge in [-0.1, -0.05) is 0 Å². The van der Waals surface area contributed by atoms with Gasteiger partial charge in [-0.05, 0) is 37.5 Å². The molecule has 3 nitrogen and oxygen atoms in total. The van der Waals surface area contributed by atoms with E-state index in [0.29, 0.717) is 29.9 Å².